The summed E-state index contributed by atoms with van der Waals surface area (Å²) in [6, 6.07) is 4.83. The quantitative estimate of drug-likeness (QED) is 0.678. The van der Waals surface area contributed by atoms with Crippen molar-refractivity contribution in [3.8, 4) is 0 Å². The molecule has 1 aliphatic rings. The maximum absolute atomic E-state index is 13.4. The Hall–Kier alpha value is -2.95. The number of aliphatic hydroxyl groups is 1. The predicted molar refractivity (Wildman–Crippen MR) is 74.2 cm³/mol. The summed E-state index contributed by atoms with van der Waals surface area (Å²) in [4.78, 5) is 13.2. The molecule has 0 spiro atoms. The average Bonchev–Trinajstić information content (AvgIpc) is 3.14. The van der Waals surface area contributed by atoms with Crippen molar-refractivity contribution in [1.29, 1.82) is 0 Å². The molecule has 126 valence electrons. The fraction of sp³-hybridized carbons (Fsp3) is 0.231. The molecule has 0 saturated carbocycles. The smallest absolute Gasteiger partial charge is 0.438 e. The van der Waals surface area contributed by atoms with Crippen molar-refractivity contribution in [2.75, 3.05) is 5.01 Å². The molecule has 3 rings (SSSR count). The van der Waals surface area contributed by atoms with Crippen LogP contribution in [0.25, 0.3) is 0 Å². The van der Waals surface area contributed by atoms with Gasteiger partial charge in [0.25, 0.3) is 5.72 Å². The summed E-state index contributed by atoms with van der Waals surface area (Å²) in [5, 5.41) is 24.9. The average molecular weight is 342 g/mol. The SMILES string of the molecule is O=[N+]([O-])c1ccc(N2N=C(c3ccco3)CC2(O)C(F)(F)F)cn1. The topological polar surface area (TPSA) is 105 Å². The van der Waals surface area contributed by atoms with E-state index in [1.807, 2.05) is 0 Å². The fourth-order valence-electron chi connectivity index (χ4n) is 2.23. The number of halogens is 3. The molecule has 1 atom stereocenters. The monoisotopic (exact) mass is 342 g/mol. The van der Waals surface area contributed by atoms with E-state index in [9.17, 15) is 28.4 Å². The Bertz CT molecular complexity index is 789. The summed E-state index contributed by atoms with van der Waals surface area (Å²) in [7, 11) is 0. The van der Waals surface area contributed by atoms with Crippen molar-refractivity contribution in [2.45, 2.75) is 18.3 Å². The van der Waals surface area contributed by atoms with Crippen LogP contribution in [0.2, 0.25) is 0 Å². The van der Waals surface area contributed by atoms with Crippen molar-refractivity contribution in [1.82, 2.24) is 4.98 Å². The molecule has 1 aliphatic heterocycles. The number of rotatable bonds is 3. The van der Waals surface area contributed by atoms with Gasteiger partial charge in [0.1, 0.15) is 17.2 Å². The molecule has 0 radical (unpaired) electrons. The first-order valence-corrected chi connectivity index (χ1v) is 6.53. The highest BCUT2D eigenvalue weighted by molar-refractivity contribution is 6.01. The number of anilines is 1. The second-order valence-electron chi connectivity index (χ2n) is 4.96. The summed E-state index contributed by atoms with van der Waals surface area (Å²) >= 11 is 0. The van der Waals surface area contributed by atoms with Crippen molar-refractivity contribution in [3.63, 3.8) is 0 Å². The van der Waals surface area contributed by atoms with Gasteiger partial charge in [-0.3, -0.25) is 0 Å². The minimum atomic E-state index is -5.04. The van der Waals surface area contributed by atoms with E-state index in [1.54, 1.807) is 0 Å². The van der Waals surface area contributed by atoms with Crippen LogP contribution in [0.3, 0.4) is 0 Å². The van der Waals surface area contributed by atoms with E-state index in [0.717, 1.165) is 18.3 Å². The van der Waals surface area contributed by atoms with E-state index in [-0.39, 0.29) is 17.2 Å². The molecule has 11 heteroatoms. The lowest BCUT2D eigenvalue weighted by atomic mass is 10.0. The molecule has 0 aromatic carbocycles. The molecule has 0 fully saturated rings. The maximum Gasteiger partial charge on any atom is 0.438 e. The Morgan fingerprint density at radius 2 is 2.12 bits per heavy atom. The van der Waals surface area contributed by atoms with Gasteiger partial charge in [-0.2, -0.15) is 18.3 Å². The summed E-state index contributed by atoms with van der Waals surface area (Å²) < 4.78 is 45.2. The van der Waals surface area contributed by atoms with Gasteiger partial charge in [-0.25, -0.2) is 5.01 Å². The summed E-state index contributed by atoms with van der Waals surface area (Å²) in [5.74, 6) is -0.459. The minimum Gasteiger partial charge on any atom is -0.463 e. The maximum atomic E-state index is 13.4. The molecule has 1 unspecified atom stereocenters. The first-order valence-electron chi connectivity index (χ1n) is 6.53. The number of alkyl halides is 3. The van der Waals surface area contributed by atoms with Gasteiger partial charge in [0, 0.05) is 6.07 Å². The molecule has 3 heterocycles. The number of hydrogen-bond donors (Lipinski definition) is 1. The number of furan rings is 1. The van der Waals surface area contributed by atoms with Gasteiger partial charge in [0.2, 0.25) is 0 Å². The molecule has 2 aromatic rings. The van der Waals surface area contributed by atoms with Crippen LogP contribution in [0.5, 0.6) is 0 Å². The summed E-state index contributed by atoms with van der Waals surface area (Å²) in [5.41, 5.74) is -3.67. The van der Waals surface area contributed by atoms with Crippen molar-refractivity contribution >= 4 is 17.2 Å². The van der Waals surface area contributed by atoms with Crippen molar-refractivity contribution < 1.29 is 27.6 Å². The predicted octanol–water partition coefficient (Wildman–Crippen LogP) is 2.45. The Balaban J connectivity index is 2.04. The lowest BCUT2D eigenvalue weighted by molar-refractivity contribution is -0.389. The van der Waals surface area contributed by atoms with Crippen molar-refractivity contribution in [3.05, 3.63) is 52.6 Å². The summed E-state index contributed by atoms with van der Waals surface area (Å²) in [6.07, 6.45) is -3.79. The van der Waals surface area contributed by atoms with Crippen LogP contribution in [0.15, 0.2) is 46.2 Å². The van der Waals surface area contributed by atoms with E-state index in [0.29, 0.717) is 5.01 Å². The molecule has 24 heavy (non-hydrogen) atoms. The van der Waals surface area contributed by atoms with Gasteiger partial charge in [-0.1, -0.05) is 0 Å². The van der Waals surface area contributed by atoms with E-state index < -0.39 is 29.1 Å². The minimum absolute atomic E-state index is 0.0787. The molecule has 2 aromatic heterocycles. The third-order valence-electron chi connectivity index (χ3n) is 3.41. The molecule has 0 bridgehead atoms. The first kappa shape index (κ1) is 15.9. The van der Waals surface area contributed by atoms with Crippen LogP contribution >= 0.6 is 0 Å². The number of nitrogens with zero attached hydrogens (tertiary/aromatic N) is 4. The van der Waals surface area contributed by atoms with Crippen molar-refractivity contribution in [2.24, 2.45) is 5.10 Å². The zero-order valence-electron chi connectivity index (χ0n) is 11.8. The van der Waals surface area contributed by atoms with Crippen LogP contribution in [0.1, 0.15) is 12.2 Å². The number of hydrazone groups is 1. The Morgan fingerprint density at radius 1 is 1.38 bits per heavy atom. The van der Waals surface area contributed by atoms with Crippen LogP contribution in [-0.2, 0) is 0 Å². The number of nitro groups is 1. The Labute approximate surface area is 132 Å². The summed E-state index contributed by atoms with van der Waals surface area (Å²) in [6.45, 7) is 0. The van der Waals surface area contributed by atoms with E-state index in [4.69, 9.17) is 4.42 Å². The van der Waals surface area contributed by atoms with Gasteiger partial charge in [-0.15, -0.1) is 0 Å². The third-order valence-corrected chi connectivity index (χ3v) is 3.41. The molecular formula is C13H9F3N4O4. The number of aromatic nitrogens is 1. The zero-order valence-corrected chi connectivity index (χ0v) is 11.8. The highest BCUT2D eigenvalue weighted by Crippen LogP contribution is 2.43. The molecule has 1 N–H and O–H groups in total. The molecule has 0 aliphatic carbocycles. The Kier molecular flexibility index (Phi) is 3.52. The van der Waals surface area contributed by atoms with Gasteiger partial charge in [0.15, 0.2) is 6.20 Å². The van der Waals surface area contributed by atoms with Gasteiger partial charge in [0.05, 0.1) is 12.7 Å². The number of pyridine rings is 1. The van der Waals surface area contributed by atoms with Crippen LogP contribution in [0.4, 0.5) is 24.7 Å². The number of hydrogen-bond acceptors (Lipinski definition) is 7. The fourth-order valence-corrected chi connectivity index (χ4v) is 2.23. The third kappa shape index (κ3) is 2.48. The highest BCUT2D eigenvalue weighted by Gasteiger charge is 2.62. The first-order chi connectivity index (χ1) is 11.2. The van der Waals surface area contributed by atoms with E-state index in [2.05, 4.69) is 10.1 Å². The highest BCUT2D eigenvalue weighted by atomic mass is 19.4. The molecular weight excluding hydrogens is 333 g/mol. The second-order valence-corrected chi connectivity index (χ2v) is 4.96. The zero-order chi connectivity index (χ0) is 17.5. The van der Waals surface area contributed by atoms with Gasteiger partial charge >= 0.3 is 12.0 Å². The second kappa shape index (κ2) is 5.30. The van der Waals surface area contributed by atoms with E-state index in [1.165, 1.54) is 18.4 Å². The van der Waals surface area contributed by atoms with Crippen LogP contribution in [-0.4, -0.2) is 32.6 Å². The normalized spacial score (nSPS) is 21.0. The molecule has 0 saturated heterocycles. The van der Waals surface area contributed by atoms with Gasteiger partial charge in [-0.05, 0) is 28.1 Å². The largest absolute Gasteiger partial charge is 0.463 e. The van der Waals surface area contributed by atoms with Crippen LogP contribution < -0.4 is 5.01 Å². The Morgan fingerprint density at radius 3 is 2.62 bits per heavy atom. The van der Waals surface area contributed by atoms with Gasteiger partial charge < -0.3 is 19.6 Å². The lowest BCUT2D eigenvalue weighted by Gasteiger charge is -2.33. The van der Waals surface area contributed by atoms with Crippen LogP contribution in [0, 0.1) is 10.1 Å². The molecule has 0 amide bonds. The standard InChI is InChI=1S/C13H9F3N4O4/c14-13(15,16)12(21)6-9(10-2-1-5-24-10)18-19(12)8-3-4-11(17-7-8)20(22)23/h1-5,7,21H,6H2. The van der Waals surface area contributed by atoms with E-state index >= 15 is 0 Å². The lowest BCUT2D eigenvalue weighted by Crippen LogP contribution is -2.55. The molecule has 8 nitrogen and oxygen atoms in total.